The first-order chi connectivity index (χ1) is 17.5. The maximum absolute atomic E-state index is 13.3. The second-order valence-electron chi connectivity index (χ2n) is 8.43. The zero-order valence-electron chi connectivity index (χ0n) is 20.3. The number of thiophene rings is 1. The Hall–Kier alpha value is -3.45. The van der Waals surface area contributed by atoms with Crippen LogP contribution in [0, 0.1) is 6.92 Å². The third-order valence-corrected chi connectivity index (χ3v) is 8.40. The lowest BCUT2D eigenvalue weighted by Gasteiger charge is -2.14. The Morgan fingerprint density at radius 2 is 1.78 bits per heavy atom. The summed E-state index contributed by atoms with van der Waals surface area (Å²) < 4.78 is 28.2. The molecule has 37 heavy (non-hydrogen) atoms. The third-order valence-electron chi connectivity index (χ3n) is 5.35. The number of hydrogen-bond acceptors (Lipinski definition) is 8. The summed E-state index contributed by atoms with van der Waals surface area (Å²) in [6.45, 7) is 3.38. The number of nitrogens with zero attached hydrogens (tertiary/aromatic N) is 3. The van der Waals surface area contributed by atoms with Crippen molar-refractivity contribution in [3.05, 3.63) is 75.1 Å². The predicted octanol–water partition coefficient (Wildman–Crippen LogP) is 3.89. The highest BCUT2D eigenvalue weighted by Crippen LogP contribution is 2.25. The van der Waals surface area contributed by atoms with Gasteiger partial charge in [-0.2, -0.15) is 0 Å². The van der Waals surface area contributed by atoms with Gasteiger partial charge in [-0.05, 0) is 75.6 Å². The summed E-state index contributed by atoms with van der Waals surface area (Å²) in [4.78, 5) is 32.2. The number of amides is 2. The lowest BCUT2D eigenvalue weighted by atomic mass is 10.2. The number of carbonyl (C=O) groups is 1. The van der Waals surface area contributed by atoms with Crippen LogP contribution in [0.5, 0.6) is 0 Å². The summed E-state index contributed by atoms with van der Waals surface area (Å²) in [5.74, 6) is 0.502. The number of rotatable bonds is 8. The Morgan fingerprint density at radius 1 is 1.08 bits per heavy atom. The van der Waals surface area contributed by atoms with Crippen LogP contribution < -0.4 is 20.9 Å². The number of fused-ring (bicyclic) bond motifs is 1. The highest BCUT2D eigenvalue weighted by Gasteiger charge is 2.20. The van der Waals surface area contributed by atoms with Crippen LogP contribution in [-0.4, -0.2) is 56.1 Å². The zero-order chi connectivity index (χ0) is 26.7. The topological polar surface area (TPSA) is 125 Å². The summed E-state index contributed by atoms with van der Waals surface area (Å²) >= 11 is 6.62. The number of nitrogens with one attached hydrogen (secondary N) is 3. The molecule has 0 fully saturated rings. The van der Waals surface area contributed by atoms with Crippen LogP contribution in [0.2, 0.25) is 4.34 Å². The molecule has 2 aromatic heterocycles. The molecule has 0 unspecified atom stereocenters. The number of carbonyl (C=O) groups excluding carboxylic acids is 1. The molecule has 4 aromatic rings. The number of benzene rings is 2. The van der Waals surface area contributed by atoms with Gasteiger partial charge in [0.1, 0.15) is 10.0 Å². The smallest absolute Gasteiger partial charge is 0.333 e. The molecule has 0 aliphatic heterocycles. The van der Waals surface area contributed by atoms with Crippen molar-refractivity contribution < 1.29 is 13.2 Å². The Kier molecular flexibility index (Phi) is 7.83. The molecule has 0 spiro atoms. The van der Waals surface area contributed by atoms with E-state index < -0.39 is 16.1 Å². The monoisotopic (exact) mass is 560 g/mol. The van der Waals surface area contributed by atoms with E-state index in [4.69, 9.17) is 11.6 Å². The third kappa shape index (κ3) is 6.28. The Labute approximate surface area is 223 Å². The molecule has 0 aliphatic carbocycles. The van der Waals surface area contributed by atoms with Crippen molar-refractivity contribution in [2.45, 2.75) is 11.1 Å². The van der Waals surface area contributed by atoms with Crippen molar-refractivity contribution in [2.24, 2.45) is 0 Å². The predicted molar refractivity (Wildman–Crippen MR) is 148 cm³/mol. The van der Waals surface area contributed by atoms with Crippen molar-refractivity contribution >= 4 is 61.3 Å². The molecule has 2 heterocycles. The molecule has 3 N–H and O–H groups in total. The van der Waals surface area contributed by atoms with E-state index in [1.165, 1.54) is 16.7 Å². The van der Waals surface area contributed by atoms with Crippen molar-refractivity contribution in [3.63, 3.8) is 0 Å². The van der Waals surface area contributed by atoms with Crippen molar-refractivity contribution in [1.82, 2.24) is 19.2 Å². The molecular weight excluding hydrogens is 536 g/mol. The lowest BCUT2D eigenvalue weighted by Crippen LogP contribution is -2.33. The fourth-order valence-electron chi connectivity index (χ4n) is 3.60. The number of urea groups is 1. The Morgan fingerprint density at radius 3 is 2.43 bits per heavy atom. The lowest BCUT2D eigenvalue weighted by molar-refractivity contribution is 0.256. The van der Waals surface area contributed by atoms with Gasteiger partial charge in [0.2, 0.25) is 0 Å². The van der Waals surface area contributed by atoms with E-state index >= 15 is 0 Å². The molecule has 0 aliphatic rings. The van der Waals surface area contributed by atoms with E-state index in [9.17, 15) is 18.0 Å². The fraction of sp³-hybridized carbons (Fsp3) is 0.208. The molecule has 0 bridgehead atoms. The highest BCUT2D eigenvalue weighted by molar-refractivity contribution is 7.92. The van der Waals surface area contributed by atoms with Gasteiger partial charge in [-0.15, -0.1) is 11.3 Å². The molecule has 0 saturated heterocycles. The fourth-order valence-corrected chi connectivity index (χ4v) is 5.99. The molecule has 13 heteroatoms. The minimum absolute atomic E-state index is 0.0712. The van der Waals surface area contributed by atoms with Gasteiger partial charge in [0.05, 0.1) is 20.9 Å². The Balaban J connectivity index is 1.50. The van der Waals surface area contributed by atoms with Crippen LogP contribution >= 0.6 is 22.9 Å². The van der Waals surface area contributed by atoms with Gasteiger partial charge in [0.25, 0.3) is 15.6 Å². The van der Waals surface area contributed by atoms with Crippen LogP contribution in [0.15, 0.2) is 63.6 Å². The maximum Gasteiger partial charge on any atom is 0.333 e. The second kappa shape index (κ2) is 10.9. The van der Waals surface area contributed by atoms with E-state index in [0.29, 0.717) is 32.4 Å². The summed E-state index contributed by atoms with van der Waals surface area (Å²) in [5, 5.41) is 6.27. The minimum atomic E-state index is -4.04. The summed E-state index contributed by atoms with van der Waals surface area (Å²) in [6.07, 6.45) is 0. The number of anilines is 2. The van der Waals surface area contributed by atoms with E-state index in [-0.39, 0.29) is 9.77 Å². The number of hydrogen-bond donors (Lipinski definition) is 3. The van der Waals surface area contributed by atoms with Gasteiger partial charge in [-0.1, -0.05) is 11.6 Å². The SMILES string of the molecule is Cc1nc2cc(NCCN(C)C)ccc2c(=O)n1-c1ccc(NC(=O)NS(=O)(=O)c2ccc(Cl)s2)cc1. The standard InChI is InChI=1S/C24H25ClN6O4S2/c1-15-27-20-14-17(26-12-13-30(2)3)6-9-19(20)23(32)31(15)18-7-4-16(5-8-18)28-24(33)29-37(34,35)22-11-10-21(25)36-22/h4-11,14,26H,12-13H2,1-3H3,(H2,28,29,33). The normalized spacial score (nSPS) is 11.6. The average molecular weight is 561 g/mol. The van der Waals surface area contributed by atoms with E-state index in [1.807, 2.05) is 31.0 Å². The first-order valence-corrected chi connectivity index (χ1v) is 13.8. The highest BCUT2D eigenvalue weighted by atomic mass is 35.5. The first kappa shape index (κ1) is 26.6. The largest absolute Gasteiger partial charge is 0.384 e. The van der Waals surface area contributed by atoms with Crippen LogP contribution in [0.4, 0.5) is 16.2 Å². The van der Waals surface area contributed by atoms with Crippen molar-refractivity contribution in [3.8, 4) is 5.69 Å². The van der Waals surface area contributed by atoms with Crippen LogP contribution in [0.25, 0.3) is 16.6 Å². The number of likely N-dealkylation sites (N-methyl/N-ethyl adjacent to an activating group) is 1. The summed E-state index contributed by atoms with van der Waals surface area (Å²) in [7, 11) is -0.0420. The number of aryl methyl sites for hydroxylation is 1. The van der Waals surface area contributed by atoms with E-state index in [1.54, 1.807) is 37.3 Å². The van der Waals surface area contributed by atoms with Gasteiger partial charge in [-0.25, -0.2) is 22.9 Å². The number of aromatic nitrogens is 2. The molecule has 4 rings (SSSR count). The molecule has 2 amide bonds. The van der Waals surface area contributed by atoms with Crippen LogP contribution in [0.3, 0.4) is 0 Å². The summed E-state index contributed by atoms with van der Waals surface area (Å²) in [5.41, 5.74) is 2.15. The molecule has 0 atom stereocenters. The minimum Gasteiger partial charge on any atom is -0.384 e. The molecule has 0 radical (unpaired) electrons. The van der Waals surface area contributed by atoms with Gasteiger partial charge in [0.15, 0.2) is 0 Å². The van der Waals surface area contributed by atoms with Gasteiger partial charge < -0.3 is 15.5 Å². The van der Waals surface area contributed by atoms with Gasteiger partial charge >= 0.3 is 6.03 Å². The van der Waals surface area contributed by atoms with Crippen molar-refractivity contribution in [1.29, 1.82) is 0 Å². The Bertz CT molecular complexity index is 1610. The first-order valence-electron chi connectivity index (χ1n) is 11.1. The maximum atomic E-state index is 13.3. The van der Waals surface area contributed by atoms with Crippen LogP contribution in [0.1, 0.15) is 5.82 Å². The number of sulfonamides is 1. The second-order valence-corrected chi connectivity index (χ2v) is 12.1. The van der Waals surface area contributed by atoms with Crippen LogP contribution in [-0.2, 0) is 10.0 Å². The zero-order valence-corrected chi connectivity index (χ0v) is 22.7. The molecule has 10 nitrogen and oxygen atoms in total. The van der Waals surface area contributed by atoms with Crippen molar-refractivity contribution in [2.75, 3.05) is 37.8 Å². The van der Waals surface area contributed by atoms with E-state index in [2.05, 4.69) is 20.5 Å². The average Bonchev–Trinajstić information content (AvgIpc) is 3.27. The van der Waals surface area contributed by atoms with E-state index in [0.717, 1.165) is 30.1 Å². The molecule has 194 valence electrons. The number of halogens is 1. The summed E-state index contributed by atoms with van der Waals surface area (Å²) in [6, 6.07) is 13.7. The molecule has 2 aromatic carbocycles. The molecular formula is C24H25ClN6O4S2. The quantitative estimate of drug-likeness (QED) is 0.298. The molecule has 0 saturated carbocycles. The van der Waals surface area contributed by atoms with Gasteiger partial charge in [0, 0.05) is 24.5 Å². The van der Waals surface area contributed by atoms with Gasteiger partial charge in [-0.3, -0.25) is 9.36 Å².